The molecule has 35 heavy (non-hydrogen) atoms. The largest absolute Gasteiger partial charge is 0.507 e. The number of amides is 2. The van der Waals surface area contributed by atoms with Crippen molar-refractivity contribution < 1.29 is 32.6 Å². The predicted molar refractivity (Wildman–Crippen MR) is 127 cm³/mol. The van der Waals surface area contributed by atoms with Gasteiger partial charge in [-0.25, -0.2) is 12.7 Å². The summed E-state index contributed by atoms with van der Waals surface area (Å²) < 4.78 is 31.0. The molecule has 10 nitrogen and oxygen atoms in total. The van der Waals surface area contributed by atoms with Crippen molar-refractivity contribution >= 4 is 39.1 Å². The average Bonchev–Trinajstić information content (AvgIpc) is 3.20. The number of hydrogen-bond acceptors (Lipinski definition) is 7. The zero-order chi connectivity index (χ0) is 25.7. The van der Waals surface area contributed by atoms with Gasteiger partial charge in [0.1, 0.15) is 5.76 Å². The van der Waals surface area contributed by atoms with Crippen LogP contribution in [0.15, 0.2) is 59.0 Å². The number of anilines is 1. The minimum Gasteiger partial charge on any atom is -0.507 e. The highest BCUT2D eigenvalue weighted by atomic mass is 32.2. The van der Waals surface area contributed by atoms with Crippen LogP contribution in [0.2, 0.25) is 0 Å². The Morgan fingerprint density at radius 2 is 1.69 bits per heavy atom. The van der Waals surface area contributed by atoms with Crippen molar-refractivity contribution in [3.8, 4) is 0 Å². The molecular weight excluding hydrogens is 474 g/mol. The molecule has 184 valence electrons. The number of likely N-dealkylation sites (N-methyl/N-ethyl adjacent to an activating group) is 1. The summed E-state index contributed by atoms with van der Waals surface area (Å²) >= 11 is 0. The van der Waals surface area contributed by atoms with Crippen LogP contribution >= 0.6 is 0 Å². The first kappa shape index (κ1) is 24.6. The Labute approximate surface area is 203 Å². The molecule has 0 radical (unpaired) electrons. The second-order valence-electron chi connectivity index (χ2n) is 8.41. The SMILES string of the molecule is COCCN1C(=O)C(=O)/C(=C(/O)c2ccc(S(=O)(=O)N(C)C)cc2)[C@]12C(=O)N(C)c1ccccc12. The van der Waals surface area contributed by atoms with E-state index in [1.165, 1.54) is 57.4 Å². The van der Waals surface area contributed by atoms with Crippen molar-refractivity contribution in [3.05, 3.63) is 65.2 Å². The Bertz CT molecular complexity index is 1370. The fraction of sp³-hybridized carbons (Fsp3) is 0.292. The molecule has 0 aliphatic carbocycles. The highest BCUT2D eigenvalue weighted by molar-refractivity contribution is 7.89. The van der Waals surface area contributed by atoms with Gasteiger partial charge in [-0.15, -0.1) is 0 Å². The van der Waals surface area contributed by atoms with E-state index in [1.54, 1.807) is 24.3 Å². The maximum Gasteiger partial charge on any atom is 0.296 e. The molecule has 1 N–H and O–H groups in total. The van der Waals surface area contributed by atoms with Crippen LogP contribution in [0.5, 0.6) is 0 Å². The van der Waals surface area contributed by atoms with Crippen LogP contribution in [0.25, 0.3) is 5.76 Å². The Balaban J connectivity index is 1.97. The summed E-state index contributed by atoms with van der Waals surface area (Å²) in [5.41, 5.74) is -1.28. The molecule has 2 aliphatic rings. The van der Waals surface area contributed by atoms with Gasteiger partial charge in [0.25, 0.3) is 17.6 Å². The Hall–Kier alpha value is -3.54. The number of carbonyl (C=O) groups excluding carboxylic acids is 3. The Morgan fingerprint density at radius 1 is 1.06 bits per heavy atom. The van der Waals surface area contributed by atoms with E-state index in [0.29, 0.717) is 11.3 Å². The topological polar surface area (TPSA) is 125 Å². The predicted octanol–water partition coefficient (Wildman–Crippen LogP) is 1.14. The van der Waals surface area contributed by atoms with Gasteiger partial charge in [0.15, 0.2) is 5.54 Å². The van der Waals surface area contributed by atoms with Gasteiger partial charge in [-0.1, -0.05) is 18.2 Å². The summed E-state index contributed by atoms with van der Waals surface area (Å²) in [4.78, 5) is 42.7. The average molecular weight is 500 g/mol. The molecule has 2 aromatic rings. The molecule has 2 aromatic carbocycles. The minimum absolute atomic E-state index is 0.0173. The molecule has 0 unspecified atom stereocenters. The Kier molecular flexibility index (Phi) is 6.04. The highest BCUT2D eigenvalue weighted by Crippen LogP contribution is 2.53. The van der Waals surface area contributed by atoms with E-state index in [-0.39, 0.29) is 29.2 Å². The molecule has 1 fully saturated rings. The lowest BCUT2D eigenvalue weighted by atomic mass is 9.82. The smallest absolute Gasteiger partial charge is 0.296 e. The lowest BCUT2D eigenvalue weighted by Gasteiger charge is -2.34. The lowest BCUT2D eigenvalue weighted by molar-refractivity contribution is -0.144. The van der Waals surface area contributed by atoms with E-state index < -0.39 is 38.9 Å². The molecule has 2 amide bonds. The number of para-hydroxylation sites is 1. The second-order valence-corrected chi connectivity index (χ2v) is 10.6. The van der Waals surface area contributed by atoms with E-state index in [0.717, 1.165) is 9.21 Å². The van der Waals surface area contributed by atoms with Crippen LogP contribution in [-0.2, 0) is 34.7 Å². The van der Waals surface area contributed by atoms with Gasteiger partial charge in [-0.2, -0.15) is 0 Å². The number of fused-ring (bicyclic) bond motifs is 2. The number of likely N-dealkylation sites (tertiary alicyclic amines) is 1. The van der Waals surface area contributed by atoms with Crippen molar-refractivity contribution in [2.45, 2.75) is 10.4 Å². The molecular formula is C24H25N3O7S. The summed E-state index contributed by atoms with van der Waals surface area (Å²) in [6.07, 6.45) is 0. The normalized spacial score (nSPS) is 21.5. The van der Waals surface area contributed by atoms with Crippen LogP contribution < -0.4 is 4.90 Å². The quantitative estimate of drug-likeness (QED) is 0.359. The number of ketones is 1. The number of sulfonamides is 1. The van der Waals surface area contributed by atoms with Crippen molar-refractivity contribution in [3.63, 3.8) is 0 Å². The third-order valence-electron chi connectivity index (χ3n) is 6.36. The number of rotatable bonds is 6. The highest BCUT2D eigenvalue weighted by Gasteiger charge is 2.66. The zero-order valence-electron chi connectivity index (χ0n) is 19.7. The van der Waals surface area contributed by atoms with E-state index >= 15 is 0 Å². The number of benzene rings is 2. The summed E-state index contributed by atoms with van der Waals surface area (Å²) in [5.74, 6) is -3.09. The first-order chi connectivity index (χ1) is 16.5. The van der Waals surface area contributed by atoms with Gasteiger partial charge >= 0.3 is 0 Å². The molecule has 0 bridgehead atoms. The van der Waals surface area contributed by atoms with Crippen molar-refractivity contribution in [1.29, 1.82) is 0 Å². The molecule has 0 saturated carbocycles. The molecule has 11 heteroatoms. The van der Waals surface area contributed by atoms with Crippen LogP contribution in [0.1, 0.15) is 11.1 Å². The van der Waals surface area contributed by atoms with E-state index in [4.69, 9.17) is 4.74 Å². The number of ether oxygens (including phenoxy) is 1. The number of carbonyl (C=O) groups is 3. The first-order valence-electron chi connectivity index (χ1n) is 10.7. The second kappa shape index (κ2) is 8.59. The van der Waals surface area contributed by atoms with Crippen LogP contribution in [-0.4, -0.2) is 81.7 Å². The van der Waals surface area contributed by atoms with Crippen molar-refractivity contribution in [1.82, 2.24) is 9.21 Å². The number of Topliss-reactive ketones (excluding diaryl/α,β-unsaturated/α-hetero) is 1. The van der Waals surface area contributed by atoms with Gasteiger partial charge < -0.3 is 19.6 Å². The molecule has 1 atom stereocenters. The van der Waals surface area contributed by atoms with E-state index in [9.17, 15) is 27.9 Å². The summed E-state index contributed by atoms with van der Waals surface area (Å²) in [6.45, 7) is -0.00313. The third-order valence-corrected chi connectivity index (χ3v) is 8.19. The fourth-order valence-corrected chi connectivity index (χ4v) is 5.50. The van der Waals surface area contributed by atoms with Gasteiger partial charge in [0.2, 0.25) is 10.0 Å². The third kappa shape index (κ3) is 3.38. The van der Waals surface area contributed by atoms with Crippen LogP contribution in [0, 0.1) is 0 Å². The summed E-state index contributed by atoms with van der Waals surface area (Å²) in [5, 5.41) is 11.3. The maximum absolute atomic E-state index is 13.8. The number of aliphatic hydroxyl groups excluding tert-OH is 1. The first-order valence-corrected chi connectivity index (χ1v) is 12.1. The van der Waals surface area contributed by atoms with E-state index in [2.05, 4.69) is 0 Å². The summed E-state index contributed by atoms with van der Waals surface area (Å²) in [7, 11) is 2.03. The van der Waals surface area contributed by atoms with Crippen LogP contribution in [0.4, 0.5) is 5.69 Å². The lowest BCUT2D eigenvalue weighted by Crippen LogP contribution is -2.52. The number of methoxy groups -OCH3 is 1. The Morgan fingerprint density at radius 3 is 2.29 bits per heavy atom. The molecule has 1 spiro atoms. The minimum atomic E-state index is -3.72. The fourth-order valence-electron chi connectivity index (χ4n) is 4.59. The maximum atomic E-state index is 13.8. The molecule has 0 aromatic heterocycles. The summed E-state index contributed by atoms with van der Waals surface area (Å²) in [6, 6.07) is 12.0. The monoisotopic (exact) mass is 499 g/mol. The van der Waals surface area contributed by atoms with Gasteiger partial charge in [0.05, 0.1) is 17.1 Å². The van der Waals surface area contributed by atoms with Crippen LogP contribution in [0.3, 0.4) is 0 Å². The number of nitrogens with zero attached hydrogens (tertiary/aromatic N) is 3. The molecule has 2 aliphatic heterocycles. The van der Waals surface area contributed by atoms with Gasteiger partial charge in [-0.05, 0) is 30.3 Å². The van der Waals surface area contributed by atoms with Crippen molar-refractivity contribution in [2.75, 3.05) is 46.3 Å². The number of aliphatic hydroxyl groups is 1. The number of hydrogen-bond donors (Lipinski definition) is 1. The van der Waals surface area contributed by atoms with Gasteiger partial charge in [0, 0.05) is 51.6 Å². The van der Waals surface area contributed by atoms with E-state index in [1.807, 2.05) is 0 Å². The zero-order valence-corrected chi connectivity index (χ0v) is 20.5. The molecule has 2 heterocycles. The molecule has 1 saturated heterocycles. The van der Waals surface area contributed by atoms with Gasteiger partial charge in [-0.3, -0.25) is 14.4 Å². The standard InChI is InChI=1S/C24H25N3O7S/c1-25(2)35(32,33)16-11-9-15(10-12-16)20(28)19-21(29)22(30)27(13-14-34-4)24(19)17-7-5-6-8-18(17)26(3)23(24)31/h5-12,28H,13-14H2,1-4H3/b20-19-/t24-/m1/s1. The molecule has 4 rings (SSSR count). The van der Waals surface area contributed by atoms with Crippen molar-refractivity contribution in [2.24, 2.45) is 0 Å².